The molecule has 1 rings (SSSR count). The molecule has 0 aromatic rings. The van der Waals surface area contributed by atoms with Crippen LogP contribution in [0.1, 0.15) is 32.6 Å². The van der Waals surface area contributed by atoms with Gasteiger partial charge >= 0.3 is 0 Å². The zero-order chi connectivity index (χ0) is 12.7. The average Bonchev–Trinajstić information content (AvgIpc) is 2.64. The van der Waals surface area contributed by atoms with Crippen molar-refractivity contribution in [3.63, 3.8) is 0 Å². The molecule has 17 heavy (non-hydrogen) atoms. The van der Waals surface area contributed by atoms with E-state index in [-0.39, 0.29) is 13.2 Å². The summed E-state index contributed by atoms with van der Waals surface area (Å²) in [6.45, 7) is 2.97. The van der Waals surface area contributed by atoms with Gasteiger partial charge in [-0.15, -0.1) is 0 Å². The summed E-state index contributed by atoms with van der Waals surface area (Å²) in [6.07, 6.45) is 0.956. The van der Waals surface area contributed by atoms with Gasteiger partial charge in [0.25, 0.3) is 0 Å². The van der Waals surface area contributed by atoms with Gasteiger partial charge in [-0.1, -0.05) is 26.2 Å². The Morgan fingerprint density at radius 3 is 2.65 bits per heavy atom. The highest BCUT2D eigenvalue weighted by atomic mass is 16.5. The van der Waals surface area contributed by atoms with Gasteiger partial charge in [0.1, 0.15) is 24.4 Å². The lowest BCUT2D eigenvalue weighted by Gasteiger charge is -2.20. The predicted octanol–water partition coefficient (Wildman–Crippen LogP) is 0.0648. The van der Waals surface area contributed by atoms with E-state index < -0.39 is 24.4 Å². The van der Waals surface area contributed by atoms with E-state index in [2.05, 4.69) is 6.92 Å². The minimum absolute atomic E-state index is 0.0688. The third-order valence-electron chi connectivity index (χ3n) is 3.00. The number of hydrogen-bond donors (Lipinski definition) is 3. The largest absolute Gasteiger partial charge is 0.388 e. The number of aliphatic hydroxyl groups is 3. The van der Waals surface area contributed by atoms with Gasteiger partial charge in [0.15, 0.2) is 0 Å². The molecule has 2 unspecified atom stereocenters. The van der Waals surface area contributed by atoms with E-state index >= 15 is 0 Å². The minimum Gasteiger partial charge on any atom is -0.388 e. The van der Waals surface area contributed by atoms with Gasteiger partial charge in [-0.25, -0.2) is 0 Å². The third-order valence-corrected chi connectivity index (χ3v) is 3.00. The summed E-state index contributed by atoms with van der Waals surface area (Å²) in [5.41, 5.74) is 0. The van der Waals surface area contributed by atoms with Crippen LogP contribution in [-0.2, 0) is 9.47 Å². The average molecular weight is 248 g/mol. The summed E-state index contributed by atoms with van der Waals surface area (Å²) in [7, 11) is 0. The predicted molar refractivity (Wildman–Crippen MR) is 62.7 cm³/mol. The molecule has 5 nitrogen and oxygen atoms in total. The van der Waals surface area contributed by atoms with Gasteiger partial charge in [0.05, 0.1) is 13.2 Å². The topological polar surface area (TPSA) is 79.2 Å². The number of rotatable bonds is 8. The molecule has 5 heteroatoms. The Balaban J connectivity index is 2.07. The molecule has 1 heterocycles. The van der Waals surface area contributed by atoms with E-state index in [1.165, 1.54) is 12.8 Å². The van der Waals surface area contributed by atoms with Crippen molar-refractivity contribution >= 4 is 0 Å². The number of ether oxygens (including phenoxy) is 2. The van der Waals surface area contributed by atoms with Crippen molar-refractivity contribution in [3.05, 3.63) is 0 Å². The maximum atomic E-state index is 9.72. The number of hydrogen-bond acceptors (Lipinski definition) is 5. The molecular weight excluding hydrogens is 224 g/mol. The first-order chi connectivity index (χ1) is 8.16. The Kier molecular flexibility index (Phi) is 6.99. The SMILES string of the molecule is CCCCCCOCC(O)[C@H]1OCC(O)[C@H]1O. The van der Waals surface area contributed by atoms with Crippen LogP contribution in [0, 0.1) is 0 Å². The first-order valence-electron chi connectivity index (χ1n) is 6.40. The molecule has 0 spiro atoms. The molecule has 0 aliphatic carbocycles. The maximum Gasteiger partial charge on any atom is 0.114 e. The molecule has 0 saturated carbocycles. The van der Waals surface area contributed by atoms with Gasteiger partial charge in [-0.2, -0.15) is 0 Å². The fraction of sp³-hybridized carbons (Fsp3) is 1.00. The zero-order valence-corrected chi connectivity index (χ0v) is 10.4. The van der Waals surface area contributed by atoms with Crippen LogP contribution < -0.4 is 0 Å². The van der Waals surface area contributed by atoms with Crippen molar-refractivity contribution < 1.29 is 24.8 Å². The van der Waals surface area contributed by atoms with Crippen molar-refractivity contribution in [2.75, 3.05) is 19.8 Å². The van der Waals surface area contributed by atoms with E-state index in [1.54, 1.807) is 0 Å². The van der Waals surface area contributed by atoms with Crippen LogP contribution in [-0.4, -0.2) is 59.6 Å². The van der Waals surface area contributed by atoms with Crippen LogP contribution in [0.2, 0.25) is 0 Å². The number of unbranched alkanes of at least 4 members (excludes halogenated alkanes) is 3. The third kappa shape index (κ3) is 4.89. The lowest BCUT2D eigenvalue weighted by molar-refractivity contribution is -0.0813. The molecule has 0 bridgehead atoms. The van der Waals surface area contributed by atoms with E-state index in [1.807, 2.05) is 0 Å². The Morgan fingerprint density at radius 1 is 1.29 bits per heavy atom. The zero-order valence-electron chi connectivity index (χ0n) is 10.4. The van der Waals surface area contributed by atoms with Crippen molar-refractivity contribution in [1.29, 1.82) is 0 Å². The fourth-order valence-electron chi connectivity index (χ4n) is 1.89. The first kappa shape index (κ1) is 14.9. The molecule has 0 aromatic heterocycles. The Morgan fingerprint density at radius 2 is 2.06 bits per heavy atom. The van der Waals surface area contributed by atoms with E-state index in [4.69, 9.17) is 9.47 Å². The summed E-state index contributed by atoms with van der Waals surface area (Å²) in [5.74, 6) is 0. The van der Waals surface area contributed by atoms with Crippen molar-refractivity contribution in [1.82, 2.24) is 0 Å². The smallest absolute Gasteiger partial charge is 0.114 e. The van der Waals surface area contributed by atoms with Gasteiger partial charge in [0.2, 0.25) is 0 Å². The van der Waals surface area contributed by atoms with Crippen molar-refractivity contribution in [3.8, 4) is 0 Å². The lowest BCUT2D eigenvalue weighted by Crippen LogP contribution is -2.40. The summed E-state index contributed by atoms with van der Waals surface area (Å²) in [5, 5.41) is 28.5. The second-order valence-electron chi connectivity index (χ2n) is 4.56. The minimum atomic E-state index is -1.02. The van der Waals surface area contributed by atoms with E-state index in [0.717, 1.165) is 12.8 Å². The molecule has 3 N–H and O–H groups in total. The molecule has 1 aliphatic heterocycles. The summed E-state index contributed by atoms with van der Waals surface area (Å²) >= 11 is 0. The van der Waals surface area contributed by atoms with Gasteiger partial charge in [-0.3, -0.25) is 0 Å². The molecule has 0 amide bonds. The molecule has 1 aliphatic rings. The molecule has 1 saturated heterocycles. The molecule has 0 radical (unpaired) electrons. The van der Waals surface area contributed by atoms with Crippen molar-refractivity contribution in [2.24, 2.45) is 0 Å². The standard InChI is InChI=1S/C12H24O5/c1-2-3-4-5-6-16-7-10(14)12-11(15)9(13)8-17-12/h9-15H,2-8H2,1H3/t9?,10?,11-,12-/m1/s1. The molecule has 4 atom stereocenters. The fourth-order valence-corrected chi connectivity index (χ4v) is 1.89. The molecular formula is C12H24O5. The van der Waals surface area contributed by atoms with E-state index in [9.17, 15) is 15.3 Å². The van der Waals surface area contributed by atoms with Crippen LogP contribution >= 0.6 is 0 Å². The second-order valence-corrected chi connectivity index (χ2v) is 4.56. The van der Waals surface area contributed by atoms with E-state index in [0.29, 0.717) is 6.61 Å². The number of aliphatic hydroxyl groups excluding tert-OH is 3. The highest BCUT2D eigenvalue weighted by Gasteiger charge is 2.39. The normalized spacial score (nSPS) is 30.7. The van der Waals surface area contributed by atoms with Crippen LogP contribution in [0.25, 0.3) is 0 Å². The summed E-state index contributed by atoms with van der Waals surface area (Å²) in [6, 6.07) is 0. The maximum absolute atomic E-state index is 9.72. The molecule has 1 fully saturated rings. The van der Waals surface area contributed by atoms with Gasteiger partial charge < -0.3 is 24.8 Å². The lowest BCUT2D eigenvalue weighted by atomic mass is 10.1. The van der Waals surface area contributed by atoms with Gasteiger partial charge in [-0.05, 0) is 6.42 Å². The Labute approximate surface area is 102 Å². The highest BCUT2D eigenvalue weighted by Crippen LogP contribution is 2.17. The summed E-state index contributed by atoms with van der Waals surface area (Å²) < 4.78 is 10.4. The van der Waals surface area contributed by atoms with Crippen LogP contribution in [0.15, 0.2) is 0 Å². The van der Waals surface area contributed by atoms with Gasteiger partial charge in [0, 0.05) is 6.61 Å². The molecule has 0 aromatic carbocycles. The van der Waals surface area contributed by atoms with Crippen LogP contribution in [0.3, 0.4) is 0 Å². The van der Waals surface area contributed by atoms with Crippen molar-refractivity contribution in [2.45, 2.75) is 57.0 Å². The Bertz CT molecular complexity index is 199. The quantitative estimate of drug-likeness (QED) is 0.530. The second kappa shape index (κ2) is 8.00. The monoisotopic (exact) mass is 248 g/mol. The molecule has 102 valence electrons. The van der Waals surface area contributed by atoms with Crippen LogP contribution in [0.5, 0.6) is 0 Å². The summed E-state index contributed by atoms with van der Waals surface area (Å²) in [4.78, 5) is 0. The highest BCUT2D eigenvalue weighted by molar-refractivity contribution is 4.87. The van der Waals surface area contributed by atoms with Crippen LogP contribution in [0.4, 0.5) is 0 Å². The Hall–Kier alpha value is -0.200. The first-order valence-corrected chi connectivity index (χ1v) is 6.40.